The fourth-order valence-electron chi connectivity index (χ4n) is 1.84. The molecule has 5 nitrogen and oxygen atoms in total. The lowest BCUT2D eigenvalue weighted by atomic mass is 10.1. The van der Waals surface area contributed by atoms with E-state index in [0.29, 0.717) is 10.4 Å². The third-order valence-corrected chi connectivity index (χ3v) is 3.94. The first-order valence-electron chi connectivity index (χ1n) is 6.45. The molecule has 0 spiro atoms. The smallest absolute Gasteiger partial charge is 0.405 e. The Morgan fingerprint density at radius 1 is 1.36 bits per heavy atom. The van der Waals surface area contributed by atoms with Crippen molar-refractivity contribution in [2.24, 2.45) is 0 Å². The Morgan fingerprint density at radius 3 is 2.64 bits per heavy atom. The van der Waals surface area contributed by atoms with Crippen LogP contribution in [0.1, 0.15) is 17.2 Å². The number of nitrogens with one attached hydrogen (secondary N) is 1. The number of carboxylic acid groups (broad SMARTS) is 1. The summed E-state index contributed by atoms with van der Waals surface area (Å²) in [6.07, 6.45) is 0.517. The summed E-state index contributed by atoms with van der Waals surface area (Å²) in [6.45, 7) is 2.12. The lowest BCUT2D eigenvalue weighted by Gasteiger charge is -2.18. The molecule has 1 aromatic heterocycles. The Bertz CT molecular complexity index is 662. The van der Waals surface area contributed by atoms with Crippen molar-refractivity contribution in [2.45, 2.75) is 13.0 Å². The molecule has 2 N–H and O–H groups in total. The van der Waals surface area contributed by atoms with E-state index in [-0.39, 0.29) is 6.61 Å². The fourth-order valence-corrected chi connectivity index (χ4v) is 2.94. The summed E-state index contributed by atoms with van der Waals surface area (Å²) >= 11 is 6.67. The average molecular weight is 430 g/mol. The molecule has 0 aliphatic heterocycles. The number of ether oxygens (including phenoxy) is 1. The van der Waals surface area contributed by atoms with Gasteiger partial charge in [0.25, 0.3) is 0 Å². The molecule has 22 heavy (non-hydrogen) atoms. The highest BCUT2D eigenvalue weighted by Gasteiger charge is 2.16. The van der Waals surface area contributed by atoms with Gasteiger partial charge >= 0.3 is 6.09 Å². The number of hydrogen-bond acceptors (Lipinski definition) is 3. The number of aromatic nitrogens is 1. The lowest BCUT2D eigenvalue weighted by Crippen LogP contribution is -2.31. The number of aryl methyl sites for hydroxylation is 1. The maximum Gasteiger partial charge on any atom is 0.405 e. The van der Waals surface area contributed by atoms with Crippen molar-refractivity contribution in [1.82, 2.24) is 10.3 Å². The Hall–Kier alpha value is -1.60. The van der Waals surface area contributed by atoms with Gasteiger partial charge in [-0.25, -0.2) is 9.78 Å². The molecular weight excluding hydrogens is 416 g/mol. The van der Waals surface area contributed by atoms with E-state index >= 15 is 0 Å². The predicted molar refractivity (Wildman–Crippen MR) is 90.2 cm³/mol. The summed E-state index contributed by atoms with van der Waals surface area (Å²) in [7, 11) is 0. The highest BCUT2D eigenvalue weighted by atomic mass is 79.9. The third kappa shape index (κ3) is 4.71. The SMILES string of the molecule is Cc1ccc(C(COc2ncc(Br)cc2Br)NC(=O)O)cc1. The Balaban J connectivity index is 2.13. The number of carbonyl (C=O) groups is 1. The molecule has 0 radical (unpaired) electrons. The summed E-state index contributed by atoms with van der Waals surface area (Å²) < 4.78 is 7.15. The third-order valence-electron chi connectivity index (χ3n) is 2.94. The summed E-state index contributed by atoms with van der Waals surface area (Å²) in [6, 6.07) is 8.95. The van der Waals surface area contributed by atoms with Gasteiger partial charge in [0.1, 0.15) is 6.61 Å². The van der Waals surface area contributed by atoms with Crippen LogP contribution in [-0.2, 0) is 0 Å². The molecule has 1 aromatic carbocycles. The van der Waals surface area contributed by atoms with E-state index < -0.39 is 12.1 Å². The summed E-state index contributed by atoms with van der Waals surface area (Å²) in [5.41, 5.74) is 1.94. The van der Waals surface area contributed by atoms with Crippen LogP contribution in [0.25, 0.3) is 0 Å². The molecule has 1 amide bonds. The van der Waals surface area contributed by atoms with Gasteiger partial charge < -0.3 is 15.2 Å². The first kappa shape index (κ1) is 16.8. The lowest BCUT2D eigenvalue weighted by molar-refractivity contribution is 0.180. The molecule has 0 saturated heterocycles. The van der Waals surface area contributed by atoms with Gasteiger partial charge in [0.2, 0.25) is 5.88 Å². The van der Waals surface area contributed by atoms with Crippen molar-refractivity contribution in [3.8, 4) is 5.88 Å². The van der Waals surface area contributed by atoms with Crippen LogP contribution in [0.2, 0.25) is 0 Å². The van der Waals surface area contributed by atoms with Crippen molar-refractivity contribution >= 4 is 38.0 Å². The van der Waals surface area contributed by atoms with Crippen LogP contribution in [-0.4, -0.2) is 22.8 Å². The van der Waals surface area contributed by atoms with Crippen LogP contribution in [0.5, 0.6) is 5.88 Å². The largest absolute Gasteiger partial charge is 0.474 e. The van der Waals surface area contributed by atoms with Crippen LogP contribution in [0.3, 0.4) is 0 Å². The molecule has 2 rings (SSSR count). The van der Waals surface area contributed by atoms with Crippen LogP contribution in [0.4, 0.5) is 4.79 Å². The normalized spacial score (nSPS) is 11.8. The minimum absolute atomic E-state index is 0.141. The maximum absolute atomic E-state index is 11.0. The van der Waals surface area contributed by atoms with E-state index in [1.807, 2.05) is 37.3 Å². The van der Waals surface area contributed by atoms with Crippen LogP contribution in [0, 0.1) is 6.92 Å². The summed E-state index contributed by atoms with van der Waals surface area (Å²) in [5, 5.41) is 11.4. The second-order valence-corrected chi connectivity index (χ2v) is 6.43. The predicted octanol–water partition coefficient (Wildman–Crippen LogP) is 4.30. The Kier molecular flexibility index (Phi) is 5.79. The van der Waals surface area contributed by atoms with E-state index in [9.17, 15) is 4.79 Å². The number of hydrogen-bond donors (Lipinski definition) is 2. The molecule has 0 fully saturated rings. The molecule has 116 valence electrons. The maximum atomic E-state index is 11.0. The number of benzene rings is 1. The second-order valence-electron chi connectivity index (χ2n) is 4.66. The zero-order valence-electron chi connectivity index (χ0n) is 11.7. The van der Waals surface area contributed by atoms with Gasteiger partial charge in [-0.05, 0) is 50.4 Å². The molecule has 0 aliphatic rings. The first-order valence-corrected chi connectivity index (χ1v) is 8.04. The van der Waals surface area contributed by atoms with Crippen LogP contribution < -0.4 is 10.1 Å². The topological polar surface area (TPSA) is 71.5 Å². The van der Waals surface area contributed by atoms with Gasteiger partial charge in [-0.3, -0.25) is 0 Å². The molecule has 1 heterocycles. The number of halogens is 2. The van der Waals surface area contributed by atoms with E-state index in [4.69, 9.17) is 9.84 Å². The standard InChI is InChI=1S/C15H14Br2N2O3/c1-9-2-4-10(5-3-9)13(19-15(20)21)8-22-14-12(17)6-11(16)7-18-14/h2-7,13,19H,8H2,1H3,(H,20,21). The van der Waals surface area contributed by atoms with Gasteiger partial charge in [-0.2, -0.15) is 0 Å². The van der Waals surface area contributed by atoms with E-state index in [1.165, 1.54) is 0 Å². The molecule has 1 atom stereocenters. The van der Waals surface area contributed by atoms with Gasteiger partial charge in [0.05, 0.1) is 10.5 Å². The molecular formula is C15H14Br2N2O3. The minimum atomic E-state index is -1.10. The highest BCUT2D eigenvalue weighted by Crippen LogP contribution is 2.26. The van der Waals surface area contributed by atoms with E-state index in [1.54, 1.807) is 6.20 Å². The van der Waals surface area contributed by atoms with Crippen molar-refractivity contribution in [3.05, 3.63) is 56.6 Å². The van der Waals surface area contributed by atoms with Crippen molar-refractivity contribution in [1.29, 1.82) is 0 Å². The van der Waals surface area contributed by atoms with Gasteiger partial charge in [0.15, 0.2) is 0 Å². The average Bonchev–Trinajstić information content (AvgIpc) is 2.45. The number of nitrogens with zero attached hydrogens (tertiary/aromatic N) is 1. The molecule has 1 unspecified atom stereocenters. The first-order chi connectivity index (χ1) is 10.5. The van der Waals surface area contributed by atoms with Gasteiger partial charge in [0, 0.05) is 10.7 Å². The molecule has 2 aromatic rings. The zero-order chi connectivity index (χ0) is 16.1. The molecule has 0 bridgehead atoms. The van der Waals surface area contributed by atoms with Crippen molar-refractivity contribution in [3.63, 3.8) is 0 Å². The Labute approximate surface area is 145 Å². The zero-order valence-corrected chi connectivity index (χ0v) is 14.9. The molecule has 0 saturated carbocycles. The quantitative estimate of drug-likeness (QED) is 0.743. The van der Waals surface area contributed by atoms with Gasteiger partial charge in [-0.1, -0.05) is 29.8 Å². The number of amides is 1. The number of rotatable bonds is 5. The summed E-state index contributed by atoms with van der Waals surface area (Å²) in [5.74, 6) is 0.410. The van der Waals surface area contributed by atoms with E-state index in [2.05, 4.69) is 42.2 Å². The summed E-state index contributed by atoms with van der Waals surface area (Å²) in [4.78, 5) is 15.1. The molecule has 7 heteroatoms. The van der Waals surface area contributed by atoms with Crippen molar-refractivity contribution < 1.29 is 14.6 Å². The second kappa shape index (κ2) is 7.60. The van der Waals surface area contributed by atoms with Crippen LogP contribution in [0.15, 0.2) is 45.5 Å². The minimum Gasteiger partial charge on any atom is -0.474 e. The fraction of sp³-hybridized carbons (Fsp3) is 0.200. The Morgan fingerprint density at radius 2 is 2.05 bits per heavy atom. The number of pyridine rings is 1. The van der Waals surface area contributed by atoms with Gasteiger partial charge in [-0.15, -0.1) is 0 Å². The van der Waals surface area contributed by atoms with E-state index in [0.717, 1.165) is 15.6 Å². The van der Waals surface area contributed by atoms with Crippen LogP contribution >= 0.6 is 31.9 Å². The highest BCUT2D eigenvalue weighted by molar-refractivity contribution is 9.11. The monoisotopic (exact) mass is 428 g/mol. The molecule has 0 aliphatic carbocycles. The van der Waals surface area contributed by atoms with Crippen molar-refractivity contribution in [2.75, 3.05) is 6.61 Å².